The summed E-state index contributed by atoms with van der Waals surface area (Å²) in [6.07, 6.45) is 17.7. The molecule has 0 aromatic heterocycles. The number of carboxylic acid groups (broad SMARTS) is 2. The van der Waals surface area contributed by atoms with E-state index in [0.29, 0.717) is 0 Å². The number of allylic oxidation sites excluding steroid dienone is 12. The summed E-state index contributed by atoms with van der Waals surface area (Å²) >= 11 is 0. The minimum Gasteiger partial charge on any atom is -0.478 e. The quantitative estimate of drug-likeness (QED) is 0.504. The summed E-state index contributed by atoms with van der Waals surface area (Å²) in [6.45, 7) is 6.92. The molecule has 0 bridgehead atoms. The van der Waals surface area contributed by atoms with E-state index in [9.17, 15) is 9.59 Å². The Morgan fingerprint density at radius 1 is 0.583 bits per heavy atom. The highest BCUT2D eigenvalue weighted by Gasteiger charge is 1.96. The van der Waals surface area contributed by atoms with Crippen LogP contribution in [-0.4, -0.2) is 22.2 Å². The van der Waals surface area contributed by atoms with Gasteiger partial charge in [-0.3, -0.25) is 0 Å². The second-order valence-electron chi connectivity index (χ2n) is 5.23. The van der Waals surface area contributed by atoms with E-state index in [0.717, 1.165) is 11.1 Å². The number of hydrogen-bond acceptors (Lipinski definition) is 2. The number of aliphatic carboxylic acids is 2. The molecule has 0 saturated heterocycles. The molecule has 0 aliphatic heterocycles. The topological polar surface area (TPSA) is 74.6 Å². The van der Waals surface area contributed by atoms with E-state index in [1.165, 1.54) is 0 Å². The minimum absolute atomic E-state index is 0.284. The average molecular weight is 328 g/mol. The smallest absolute Gasteiger partial charge is 0.331 e. The highest BCUT2D eigenvalue weighted by atomic mass is 16.4. The molecule has 0 radical (unpaired) electrons. The first kappa shape index (κ1) is 21.1. The molecule has 0 amide bonds. The first-order chi connectivity index (χ1) is 11.2. The molecule has 24 heavy (non-hydrogen) atoms. The lowest BCUT2D eigenvalue weighted by Gasteiger charge is -1.90. The van der Waals surface area contributed by atoms with Crippen molar-refractivity contribution >= 4 is 11.9 Å². The van der Waals surface area contributed by atoms with E-state index < -0.39 is 11.9 Å². The SMILES string of the molecule is CC(=C/C=C/C=C(C)\C=C\C=C(\C)C(=O)O)/C=C/C=C(/C)C(=O)O. The zero-order valence-electron chi connectivity index (χ0n) is 14.5. The van der Waals surface area contributed by atoms with Crippen LogP contribution in [-0.2, 0) is 9.59 Å². The van der Waals surface area contributed by atoms with Crippen molar-refractivity contribution in [2.24, 2.45) is 0 Å². The van der Waals surface area contributed by atoms with E-state index in [4.69, 9.17) is 10.2 Å². The van der Waals surface area contributed by atoms with Crippen LogP contribution in [0.25, 0.3) is 0 Å². The normalized spacial score (nSPS) is 15.0. The molecule has 0 aromatic rings. The van der Waals surface area contributed by atoms with Crippen molar-refractivity contribution in [2.75, 3.05) is 0 Å². The molecular formula is C20H24O4. The maximum Gasteiger partial charge on any atom is 0.331 e. The Bertz CT molecular complexity index is 608. The average Bonchev–Trinajstić information content (AvgIpc) is 2.51. The first-order valence-electron chi connectivity index (χ1n) is 7.42. The van der Waals surface area contributed by atoms with E-state index >= 15 is 0 Å². The summed E-state index contributed by atoms with van der Waals surface area (Å²) in [4.78, 5) is 21.2. The summed E-state index contributed by atoms with van der Waals surface area (Å²) in [5.74, 6) is -1.86. The van der Waals surface area contributed by atoms with Crippen LogP contribution in [0.5, 0.6) is 0 Å². The van der Waals surface area contributed by atoms with Gasteiger partial charge < -0.3 is 10.2 Å². The predicted octanol–water partition coefficient (Wildman–Crippen LogP) is 4.61. The van der Waals surface area contributed by atoms with Crippen molar-refractivity contribution < 1.29 is 19.8 Å². The van der Waals surface area contributed by atoms with Gasteiger partial charge in [0.1, 0.15) is 0 Å². The van der Waals surface area contributed by atoms with Crippen molar-refractivity contribution in [3.8, 4) is 0 Å². The van der Waals surface area contributed by atoms with Gasteiger partial charge in [-0.05, 0) is 27.7 Å². The third-order valence-corrected chi connectivity index (χ3v) is 2.91. The molecule has 0 fully saturated rings. The molecule has 0 aliphatic rings. The molecule has 0 heterocycles. The van der Waals surface area contributed by atoms with Crippen molar-refractivity contribution in [3.63, 3.8) is 0 Å². The zero-order valence-corrected chi connectivity index (χ0v) is 14.5. The number of carboxylic acids is 2. The Morgan fingerprint density at radius 3 is 1.21 bits per heavy atom. The molecule has 0 aliphatic carbocycles. The Kier molecular flexibility index (Phi) is 10.3. The second-order valence-corrected chi connectivity index (χ2v) is 5.23. The molecule has 2 N–H and O–H groups in total. The second kappa shape index (κ2) is 11.7. The van der Waals surface area contributed by atoms with Gasteiger partial charge in [-0.15, -0.1) is 0 Å². The van der Waals surface area contributed by atoms with Crippen LogP contribution in [0.4, 0.5) is 0 Å². The Hall–Kier alpha value is -2.88. The summed E-state index contributed by atoms with van der Waals surface area (Å²) in [5, 5.41) is 17.4. The largest absolute Gasteiger partial charge is 0.478 e. The van der Waals surface area contributed by atoms with E-state index in [-0.39, 0.29) is 11.1 Å². The Balaban J connectivity index is 4.63. The van der Waals surface area contributed by atoms with Crippen LogP contribution in [0.3, 0.4) is 0 Å². The van der Waals surface area contributed by atoms with Crippen LogP contribution < -0.4 is 0 Å². The summed E-state index contributed by atoms with van der Waals surface area (Å²) in [6, 6.07) is 0. The van der Waals surface area contributed by atoms with Gasteiger partial charge in [-0.25, -0.2) is 9.59 Å². The molecule has 4 nitrogen and oxygen atoms in total. The maximum absolute atomic E-state index is 10.6. The molecule has 0 rings (SSSR count). The maximum atomic E-state index is 10.6. The number of rotatable bonds is 8. The zero-order chi connectivity index (χ0) is 18.5. The fraction of sp³-hybridized carbons (Fsp3) is 0.200. The molecule has 0 saturated carbocycles. The lowest BCUT2D eigenvalue weighted by atomic mass is 10.2. The van der Waals surface area contributed by atoms with Gasteiger partial charge in [0.25, 0.3) is 0 Å². The standard InChI is InChI=1S/C20H24O4/c1-15(11-7-13-17(3)19(21)22)9-5-6-10-16(2)12-8-14-18(4)20(23)24/h5-14H,1-4H3,(H,21,22)(H,23,24)/b6-5+,11-7+,12-8+,15-9-,16-10-,17-13-,18-14-. The van der Waals surface area contributed by atoms with Crippen LogP contribution >= 0.6 is 0 Å². The Morgan fingerprint density at radius 2 is 0.917 bits per heavy atom. The highest BCUT2D eigenvalue weighted by molar-refractivity contribution is 5.86. The number of hydrogen-bond donors (Lipinski definition) is 2. The van der Waals surface area contributed by atoms with Crippen molar-refractivity contribution in [3.05, 3.63) is 83.1 Å². The first-order valence-corrected chi connectivity index (χ1v) is 7.42. The fourth-order valence-corrected chi connectivity index (χ4v) is 1.36. The molecule has 4 heteroatoms. The summed E-state index contributed by atoms with van der Waals surface area (Å²) < 4.78 is 0. The fourth-order valence-electron chi connectivity index (χ4n) is 1.36. The van der Waals surface area contributed by atoms with Crippen molar-refractivity contribution in [1.29, 1.82) is 0 Å². The van der Waals surface area contributed by atoms with E-state index in [2.05, 4.69) is 0 Å². The minimum atomic E-state index is -0.928. The van der Waals surface area contributed by atoms with Crippen molar-refractivity contribution in [1.82, 2.24) is 0 Å². The molecule has 0 spiro atoms. The lowest BCUT2D eigenvalue weighted by molar-refractivity contribution is -0.133. The third-order valence-electron chi connectivity index (χ3n) is 2.91. The van der Waals surface area contributed by atoms with E-state index in [1.54, 1.807) is 38.2 Å². The van der Waals surface area contributed by atoms with Gasteiger partial charge in [0, 0.05) is 11.1 Å². The lowest BCUT2D eigenvalue weighted by Crippen LogP contribution is -1.94. The monoisotopic (exact) mass is 328 g/mol. The number of carbonyl (C=O) groups is 2. The summed E-state index contributed by atoms with van der Waals surface area (Å²) in [5.41, 5.74) is 2.55. The molecule has 0 unspecified atom stereocenters. The van der Waals surface area contributed by atoms with Gasteiger partial charge in [-0.2, -0.15) is 0 Å². The van der Waals surface area contributed by atoms with Crippen LogP contribution in [0.1, 0.15) is 27.7 Å². The predicted molar refractivity (Wildman–Crippen MR) is 97.7 cm³/mol. The van der Waals surface area contributed by atoms with Crippen LogP contribution in [0.15, 0.2) is 83.1 Å². The Labute approximate surface area is 143 Å². The molecule has 0 atom stereocenters. The van der Waals surface area contributed by atoms with E-state index in [1.807, 2.05) is 50.3 Å². The van der Waals surface area contributed by atoms with Gasteiger partial charge >= 0.3 is 11.9 Å². The molecular weight excluding hydrogens is 304 g/mol. The van der Waals surface area contributed by atoms with Gasteiger partial charge in [0.15, 0.2) is 0 Å². The molecule has 128 valence electrons. The summed E-state index contributed by atoms with van der Waals surface area (Å²) in [7, 11) is 0. The highest BCUT2D eigenvalue weighted by Crippen LogP contribution is 2.01. The van der Waals surface area contributed by atoms with Crippen LogP contribution in [0, 0.1) is 0 Å². The van der Waals surface area contributed by atoms with Gasteiger partial charge in [0.2, 0.25) is 0 Å². The van der Waals surface area contributed by atoms with Crippen LogP contribution in [0.2, 0.25) is 0 Å². The van der Waals surface area contributed by atoms with Crippen molar-refractivity contribution in [2.45, 2.75) is 27.7 Å². The third kappa shape index (κ3) is 10.8. The van der Waals surface area contributed by atoms with Gasteiger partial charge in [-0.1, -0.05) is 71.9 Å². The molecule has 0 aromatic carbocycles. The van der Waals surface area contributed by atoms with Gasteiger partial charge in [0.05, 0.1) is 0 Å².